The summed E-state index contributed by atoms with van der Waals surface area (Å²) in [6.45, 7) is 6.10. The van der Waals surface area contributed by atoms with Crippen LogP contribution in [0.15, 0.2) is 69.9 Å². The first-order valence-corrected chi connectivity index (χ1v) is 13.2. The van der Waals surface area contributed by atoms with Crippen molar-refractivity contribution in [3.05, 3.63) is 98.9 Å². The summed E-state index contributed by atoms with van der Waals surface area (Å²) in [6, 6.07) is 16.8. The molecule has 1 atom stereocenters. The van der Waals surface area contributed by atoms with Gasteiger partial charge >= 0.3 is 0 Å². The average molecular weight is 526 g/mol. The van der Waals surface area contributed by atoms with Crippen LogP contribution in [0.2, 0.25) is 0 Å². The van der Waals surface area contributed by atoms with Crippen molar-refractivity contribution in [1.82, 2.24) is 0 Å². The number of methoxy groups -OCH3 is 1. The van der Waals surface area contributed by atoms with Crippen molar-refractivity contribution in [3.63, 3.8) is 0 Å². The van der Waals surface area contributed by atoms with E-state index in [-0.39, 0.29) is 22.5 Å². The molecule has 0 N–H and O–H groups in total. The van der Waals surface area contributed by atoms with Crippen LogP contribution in [0.4, 0.5) is 5.69 Å². The van der Waals surface area contributed by atoms with Gasteiger partial charge in [0.1, 0.15) is 5.58 Å². The molecule has 1 unspecified atom stereocenters. The van der Waals surface area contributed by atoms with Gasteiger partial charge in [0.2, 0.25) is 5.76 Å². The molecule has 0 radical (unpaired) electrons. The number of carbonyl (C=O) groups excluding carboxylic acids is 2. The summed E-state index contributed by atoms with van der Waals surface area (Å²) < 4.78 is 17.7. The van der Waals surface area contributed by atoms with Crippen LogP contribution >= 0.6 is 0 Å². The quantitative estimate of drug-likeness (QED) is 0.180. The van der Waals surface area contributed by atoms with Crippen LogP contribution in [0.1, 0.15) is 76.8 Å². The molecule has 0 bridgehead atoms. The topological polar surface area (TPSA) is 86.0 Å². The van der Waals surface area contributed by atoms with Crippen molar-refractivity contribution in [2.45, 2.75) is 46.1 Å². The standard InChI is InChI=1S/C32H31NO6/c1-5-6-7-16-38-26-15-11-22(18-27(26)37-4)29-28-30(35)24-17-19(2)8-14-25(24)39-31(28)32(36)33(29)23-12-9-21(10-13-23)20(3)34/h8-15,17-18,29H,5-7,16H2,1-4H3. The minimum absolute atomic E-state index is 0.0101. The van der Waals surface area contributed by atoms with Gasteiger partial charge in [0.05, 0.1) is 30.7 Å². The lowest BCUT2D eigenvalue weighted by molar-refractivity contribution is 0.0970. The molecule has 1 aliphatic heterocycles. The van der Waals surface area contributed by atoms with E-state index < -0.39 is 11.9 Å². The third-order valence-electron chi connectivity index (χ3n) is 7.09. The van der Waals surface area contributed by atoms with Crippen molar-refractivity contribution in [2.24, 2.45) is 0 Å². The van der Waals surface area contributed by atoms with E-state index >= 15 is 0 Å². The zero-order valence-electron chi connectivity index (χ0n) is 22.6. The number of carbonyl (C=O) groups is 2. The van der Waals surface area contributed by atoms with Crippen LogP contribution in [0, 0.1) is 6.92 Å². The number of ketones is 1. The second-order valence-electron chi connectivity index (χ2n) is 9.82. The molecule has 4 aromatic rings. The first-order chi connectivity index (χ1) is 18.8. The number of nitrogens with zero attached hydrogens (tertiary/aromatic N) is 1. The number of hydrogen-bond donors (Lipinski definition) is 0. The fourth-order valence-electron chi connectivity index (χ4n) is 5.03. The molecule has 1 amide bonds. The molecule has 7 heteroatoms. The molecule has 0 saturated carbocycles. The molecule has 200 valence electrons. The summed E-state index contributed by atoms with van der Waals surface area (Å²) in [5.41, 5.74) is 3.04. The van der Waals surface area contributed by atoms with Crippen molar-refractivity contribution in [1.29, 1.82) is 0 Å². The van der Waals surface area contributed by atoms with E-state index in [0.29, 0.717) is 45.9 Å². The van der Waals surface area contributed by atoms with E-state index in [1.54, 1.807) is 54.5 Å². The van der Waals surface area contributed by atoms with Gasteiger partial charge in [-0.3, -0.25) is 19.3 Å². The third-order valence-corrected chi connectivity index (χ3v) is 7.09. The highest BCUT2D eigenvalue weighted by atomic mass is 16.5. The maximum absolute atomic E-state index is 13.9. The van der Waals surface area contributed by atoms with Crippen molar-refractivity contribution < 1.29 is 23.5 Å². The van der Waals surface area contributed by atoms with Crippen LogP contribution in [0.5, 0.6) is 11.5 Å². The number of rotatable bonds is 9. The number of anilines is 1. The summed E-state index contributed by atoms with van der Waals surface area (Å²) in [5.74, 6) is 0.616. The Balaban J connectivity index is 1.67. The van der Waals surface area contributed by atoms with Gasteiger partial charge < -0.3 is 13.9 Å². The molecule has 0 aliphatic carbocycles. The Morgan fingerprint density at radius 2 is 1.74 bits per heavy atom. The Kier molecular flexibility index (Phi) is 7.24. The molecule has 1 aliphatic rings. The van der Waals surface area contributed by atoms with E-state index in [1.165, 1.54) is 6.92 Å². The molecular weight excluding hydrogens is 494 g/mol. The van der Waals surface area contributed by atoms with E-state index in [2.05, 4.69) is 6.92 Å². The van der Waals surface area contributed by atoms with E-state index in [4.69, 9.17) is 13.9 Å². The van der Waals surface area contributed by atoms with Gasteiger partial charge in [0.15, 0.2) is 22.7 Å². The molecule has 7 nitrogen and oxygen atoms in total. The van der Waals surface area contributed by atoms with Gasteiger partial charge in [-0.1, -0.05) is 37.5 Å². The summed E-state index contributed by atoms with van der Waals surface area (Å²) in [4.78, 5) is 41.2. The fraction of sp³-hybridized carbons (Fsp3) is 0.281. The Morgan fingerprint density at radius 1 is 0.974 bits per heavy atom. The van der Waals surface area contributed by atoms with Gasteiger partial charge in [0.25, 0.3) is 5.91 Å². The Hall–Kier alpha value is -4.39. The minimum Gasteiger partial charge on any atom is -0.493 e. The van der Waals surface area contributed by atoms with Crippen molar-refractivity contribution >= 4 is 28.3 Å². The molecular formula is C32H31NO6. The second kappa shape index (κ2) is 10.8. The first kappa shape index (κ1) is 26.2. The van der Waals surface area contributed by atoms with Crippen LogP contribution in [0.3, 0.4) is 0 Å². The summed E-state index contributed by atoms with van der Waals surface area (Å²) in [6.07, 6.45) is 3.10. The molecule has 0 spiro atoms. The number of amides is 1. The van der Waals surface area contributed by atoms with Crippen molar-refractivity contribution in [3.8, 4) is 11.5 Å². The predicted molar refractivity (Wildman–Crippen MR) is 150 cm³/mol. The first-order valence-electron chi connectivity index (χ1n) is 13.2. The van der Waals surface area contributed by atoms with Crippen LogP contribution in [-0.2, 0) is 0 Å². The molecule has 1 aromatic heterocycles. The number of ether oxygens (including phenoxy) is 2. The smallest absolute Gasteiger partial charge is 0.295 e. The third kappa shape index (κ3) is 4.80. The predicted octanol–water partition coefficient (Wildman–Crippen LogP) is 6.63. The van der Waals surface area contributed by atoms with Gasteiger partial charge in [-0.05, 0) is 74.4 Å². The Morgan fingerprint density at radius 3 is 2.44 bits per heavy atom. The zero-order chi connectivity index (χ0) is 27.7. The summed E-state index contributed by atoms with van der Waals surface area (Å²) >= 11 is 0. The number of benzene rings is 3. The van der Waals surface area contributed by atoms with Gasteiger partial charge in [0, 0.05) is 11.3 Å². The number of fused-ring (bicyclic) bond motifs is 2. The monoisotopic (exact) mass is 525 g/mol. The molecule has 39 heavy (non-hydrogen) atoms. The van der Waals surface area contributed by atoms with Crippen molar-refractivity contribution in [2.75, 3.05) is 18.6 Å². The molecule has 2 heterocycles. The lowest BCUT2D eigenvalue weighted by Crippen LogP contribution is -2.29. The SMILES string of the molecule is CCCCCOc1ccc(C2c3c(oc4ccc(C)cc4c3=O)C(=O)N2c2ccc(C(C)=O)cc2)cc1OC. The van der Waals surface area contributed by atoms with Crippen LogP contribution in [-0.4, -0.2) is 25.4 Å². The largest absolute Gasteiger partial charge is 0.493 e. The van der Waals surface area contributed by atoms with E-state index in [1.807, 2.05) is 25.1 Å². The molecule has 0 saturated heterocycles. The highest BCUT2D eigenvalue weighted by Gasteiger charge is 2.44. The highest BCUT2D eigenvalue weighted by molar-refractivity contribution is 6.11. The normalized spacial score (nSPS) is 14.5. The second-order valence-corrected chi connectivity index (χ2v) is 9.82. The number of Topliss-reactive ketones (excluding diaryl/α,β-unsaturated/α-hetero) is 1. The minimum atomic E-state index is -0.764. The van der Waals surface area contributed by atoms with Crippen LogP contribution in [0.25, 0.3) is 11.0 Å². The molecule has 0 fully saturated rings. The summed E-state index contributed by atoms with van der Waals surface area (Å²) in [5, 5.41) is 0.420. The number of hydrogen-bond acceptors (Lipinski definition) is 6. The zero-order valence-corrected chi connectivity index (χ0v) is 22.6. The Bertz CT molecular complexity index is 1620. The van der Waals surface area contributed by atoms with E-state index in [0.717, 1.165) is 24.8 Å². The highest BCUT2D eigenvalue weighted by Crippen LogP contribution is 2.43. The lowest BCUT2D eigenvalue weighted by Gasteiger charge is -2.26. The number of aryl methyl sites for hydroxylation is 1. The fourth-order valence-corrected chi connectivity index (χ4v) is 5.03. The van der Waals surface area contributed by atoms with Gasteiger partial charge in [-0.15, -0.1) is 0 Å². The summed E-state index contributed by atoms with van der Waals surface area (Å²) in [7, 11) is 1.56. The molecule has 5 rings (SSSR count). The molecule has 3 aromatic carbocycles. The van der Waals surface area contributed by atoms with E-state index in [9.17, 15) is 14.4 Å². The maximum Gasteiger partial charge on any atom is 0.295 e. The van der Waals surface area contributed by atoms with Crippen LogP contribution < -0.4 is 19.8 Å². The van der Waals surface area contributed by atoms with Gasteiger partial charge in [-0.25, -0.2) is 0 Å². The van der Waals surface area contributed by atoms with Gasteiger partial charge in [-0.2, -0.15) is 0 Å². The number of unbranched alkanes of at least 4 members (excludes halogenated alkanes) is 2. The average Bonchev–Trinajstić information content (AvgIpc) is 3.23. The maximum atomic E-state index is 13.9. The Labute approximate surface area is 227 Å². The lowest BCUT2D eigenvalue weighted by atomic mass is 9.97.